The summed E-state index contributed by atoms with van der Waals surface area (Å²) in [5.41, 5.74) is 1.54. The predicted octanol–water partition coefficient (Wildman–Crippen LogP) is 2.22. The number of nitrogens with zero attached hydrogens (tertiary/aromatic N) is 2. The third kappa shape index (κ3) is 6.84. The number of methoxy groups -OCH3 is 2. The molecule has 1 atom stereocenters. The lowest BCUT2D eigenvalue weighted by atomic mass is 10.2. The van der Waals surface area contributed by atoms with Crippen molar-refractivity contribution in [3.63, 3.8) is 0 Å². The summed E-state index contributed by atoms with van der Waals surface area (Å²) in [5, 5.41) is 9.03. The molecule has 9 heteroatoms. The molecular formula is C23H30FN5O3. The monoisotopic (exact) mass is 443 g/mol. The molecule has 0 aromatic heterocycles. The minimum Gasteiger partial charge on any atom is -0.497 e. The van der Waals surface area contributed by atoms with Crippen LogP contribution in [-0.4, -0.2) is 63.7 Å². The van der Waals surface area contributed by atoms with Crippen molar-refractivity contribution >= 4 is 17.6 Å². The van der Waals surface area contributed by atoms with Crippen LogP contribution >= 0.6 is 0 Å². The fourth-order valence-corrected chi connectivity index (χ4v) is 3.63. The van der Waals surface area contributed by atoms with E-state index in [0.717, 1.165) is 43.1 Å². The van der Waals surface area contributed by atoms with Crippen LogP contribution in [0.15, 0.2) is 47.5 Å². The van der Waals surface area contributed by atoms with Gasteiger partial charge in [0.15, 0.2) is 5.96 Å². The van der Waals surface area contributed by atoms with Crippen molar-refractivity contribution in [3.8, 4) is 11.5 Å². The fraction of sp³-hybridized carbons (Fsp3) is 0.391. The minimum atomic E-state index is -0.397. The Kier molecular flexibility index (Phi) is 8.27. The molecule has 32 heavy (non-hydrogen) atoms. The van der Waals surface area contributed by atoms with E-state index in [4.69, 9.17) is 9.47 Å². The zero-order chi connectivity index (χ0) is 22.9. The molecule has 2 aromatic carbocycles. The van der Waals surface area contributed by atoms with E-state index in [1.54, 1.807) is 33.4 Å². The molecule has 3 rings (SSSR count). The second-order valence-corrected chi connectivity index (χ2v) is 7.57. The zero-order valence-corrected chi connectivity index (χ0v) is 18.7. The van der Waals surface area contributed by atoms with Crippen molar-refractivity contribution in [3.05, 3.63) is 53.8 Å². The van der Waals surface area contributed by atoms with Gasteiger partial charge >= 0.3 is 0 Å². The number of likely N-dealkylation sites (tertiary alicyclic amines) is 1. The number of anilines is 1. The number of hydrogen-bond donors (Lipinski definition) is 3. The molecule has 0 aliphatic carbocycles. The Labute approximate surface area is 187 Å². The summed E-state index contributed by atoms with van der Waals surface area (Å²) in [6.07, 6.45) is 0.956. The van der Waals surface area contributed by atoms with Crippen molar-refractivity contribution in [1.29, 1.82) is 0 Å². The Hall–Kier alpha value is -3.33. The van der Waals surface area contributed by atoms with Gasteiger partial charge in [-0.1, -0.05) is 6.07 Å². The summed E-state index contributed by atoms with van der Waals surface area (Å²) in [4.78, 5) is 18.7. The van der Waals surface area contributed by atoms with Gasteiger partial charge in [-0.05, 0) is 42.3 Å². The van der Waals surface area contributed by atoms with Crippen molar-refractivity contribution in [2.24, 2.45) is 4.99 Å². The van der Waals surface area contributed by atoms with E-state index in [2.05, 4.69) is 25.8 Å². The van der Waals surface area contributed by atoms with E-state index in [1.165, 1.54) is 12.1 Å². The average molecular weight is 444 g/mol. The topological polar surface area (TPSA) is 87.2 Å². The SMILES string of the molecule is CN=C(NCC(=O)Nc1cccc(F)c1)NC1CCN(Cc2cc(OC)cc(OC)c2)C1. The normalized spacial score (nSPS) is 16.5. The van der Waals surface area contributed by atoms with Gasteiger partial charge in [-0.15, -0.1) is 0 Å². The molecule has 172 valence electrons. The predicted molar refractivity (Wildman–Crippen MR) is 123 cm³/mol. The van der Waals surface area contributed by atoms with E-state index in [-0.39, 0.29) is 18.5 Å². The standard InChI is InChI=1S/C23H30FN5O3/c1-25-23(26-13-22(30)27-18-6-4-5-17(24)11-18)28-19-7-8-29(15-19)14-16-9-20(31-2)12-21(10-16)32-3/h4-6,9-12,19H,7-8,13-15H2,1-3H3,(H,27,30)(H2,25,26,28). The lowest BCUT2D eigenvalue weighted by Gasteiger charge is -2.19. The van der Waals surface area contributed by atoms with Crippen LogP contribution in [0.1, 0.15) is 12.0 Å². The Balaban J connectivity index is 1.46. The number of guanidine groups is 1. The molecule has 1 amide bonds. The summed E-state index contributed by atoms with van der Waals surface area (Å²) < 4.78 is 24.0. The first-order valence-electron chi connectivity index (χ1n) is 10.5. The summed E-state index contributed by atoms with van der Waals surface area (Å²) in [7, 11) is 4.95. The molecule has 1 unspecified atom stereocenters. The number of carbonyl (C=O) groups excluding carboxylic acids is 1. The van der Waals surface area contributed by atoms with Crippen LogP contribution in [0.4, 0.5) is 10.1 Å². The van der Waals surface area contributed by atoms with Crippen molar-refractivity contribution in [2.75, 3.05) is 46.2 Å². The average Bonchev–Trinajstić information content (AvgIpc) is 3.22. The van der Waals surface area contributed by atoms with Crippen LogP contribution in [0.25, 0.3) is 0 Å². The van der Waals surface area contributed by atoms with Crippen LogP contribution in [0.5, 0.6) is 11.5 Å². The van der Waals surface area contributed by atoms with Gasteiger partial charge in [0.2, 0.25) is 5.91 Å². The number of ether oxygens (including phenoxy) is 2. The first-order chi connectivity index (χ1) is 15.5. The van der Waals surface area contributed by atoms with Crippen LogP contribution in [0, 0.1) is 5.82 Å². The first kappa shape index (κ1) is 23.3. The quantitative estimate of drug-likeness (QED) is 0.429. The highest BCUT2D eigenvalue weighted by atomic mass is 19.1. The Morgan fingerprint density at radius 3 is 2.59 bits per heavy atom. The summed E-state index contributed by atoms with van der Waals surface area (Å²) in [6, 6.07) is 11.9. The lowest BCUT2D eigenvalue weighted by Crippen LogP contribution is -2.46. The van der Waals surface area contributed by atoms with Crippen molar-refractivity contribution in [1.82, 2.24) is 15.5 Å². The number of carbonyl (C=O) groups is 1. The molecule has 2 aromatic rings. The molecule has 3 N–H and O–H groups in total. The number of benzene rings is 2. The van der Waals surface area contributed by atoms with E-state index in [1.807, 2.05) is 18.2 Å². The van der Waals surface area contributed by atoms with Crippen molar-refractivity contribution in [2.45, 2.75) is 19.0 Å². The van der Waals surface area contributed by atoms with E-state index >= 15 is 0 Å². The second-order valence-electron chi connectivity index (χ2n) is 7.57. The summed E-state index contributed by atoms with van der Waals surface area (Å²) in [6.45, 7) is 2.59. The molecule has 1 saturated heterocycles. The minimum absolute atomic E-state index is 0.0240. The molecule has 0 saturated carbocycles. The highest BCUT2D eigenvalue weighted by Gasteiger charge is 2.23. The maximum absolute atomic E-state index is 13.2. The van der Waals surface area contributed by atoms with E-state index in [0.29, 0.717) is 11.6 Å². The number of aliphatic imine (C=N–C) groups is 1. The highest BCUT2D eigenvalue weighted by molar-refractivity contribution is 5.95. The van der Waals surface area contributed by atoms with Gasteiger partial charge in [0.1, 0.15) is 17.3 Å². The van der Waals surface area contributed by atoms with Crippen LogP contribution in [-0.2, 0) is 11.3 Å². The zero-order valence-electron chi connectivity index (χ0n) is 18.7. The van der Waals surface area contributed by atoms with Gasteiger partial charge in [0, 0.05) is 44.5 Å². The van der Waals surface area contributed by atoms with Gasteiger partial charge in [-0.2, -0.15) is 0 Å². The molecule has 1 heterocycles. The maximum Gasteiger partial charge on any atom is 0.243 e. The first-order valence-corrected chi connectivity index (χ1v) is 10.5. The fourth-order valence-electron chi connectivity index (χ4n) is 3.63. The molecule has 8 nitrogen and oxygen atoms in total. The van der Waals surface area contributed by atoms with Gasteiger partial charge in [0.25, 0.3) is 0 Å². The van der Waals surface area contributed by atoms with E-state index < -0.39 is 5.82 Å². The Morgan fingerprint density at radius 2 is 1.94 bits per heavy atom. The van der Waals surface area contributed by atoms with Crippen molar-refractivity contribution < 1.29 is 18.7 Å². The highest BCUT2D eigenvalue weighted by Crippen LogP contribution is 2.24. The van der Waals surface area contributed by atoms with Crippen LogP contribution in [0.2, 0.25) is 0 Å². The third-order valence-electron chi connectivity index (χ3n) is 5.18. The smallest absolute Gasteiger partial charge is 0.243 e. The maximum atomic E-state index is 13.2. The number of nitrogens with one attached hydrogen (secondary N) is 3. The van der Waals surface area contributed by atoms with Gasteiger partial charge in [-0.3, -0.25) is 14.7 Å². The van der Waals surface area contributed by atoms with Crippen LogP contribution < -0.4 is 25.4 Å². The molecule has 1 aliphatic heterocycles. The second kappa shape index (κ2) is 11.3. The molecular weight excluding hydrogens is 413 g/mol. The molecule has 0 spiro atoms. The number of halogens is 1. The number of amides is 1. The largest absolute Gasteiger partial charge is 0.497 e. The third-order valence-corrected chi connectivity index (χ3v) is 5.18. The van der Waals surface area contributed by atoms with E-state index in [9.17, 15) is 9.18 Å². The Morgan fingerprint density at radius 1 is 1.19 bits per heavy atom. The molecule has 0 radical (unpaired) electrons. The molecule has 0 bridgehead atoms. The number of hydrogen-bond acceptors (Lipinski definition) is 5. The van der Waals surface area contributed by atoms with Gasteiger partial charge < -0.3 is 25.4 Å². The molecule has 1 fully saturated rings. The Bertz CT molecular complexity index is 931. The molecule has 1 aliphatic rings. The van der Waals surface area contributed by atoms with Gasteiger partial charge in [-0.25, -0.2) is 4.39 Å². The summed E-state index contributed by atoms with van der Waals surface area (Å²) >= 11 is 0. The number of rotatable bonds is 8. The van der Waals surface area contributed by atoms with Crippen LogP contribution in [0.3, 0.4) is 0 Å². The van der Waals surface area contributed by atoms with Gasteiger partial charge in [0.05, 0.1) is 20.8 Å². The lowest BCUT2D eigenvalue weighted by molar-refractivity contribution is -0.115. The summed E-state index contributed by atoms with van der Waals surface area (Å²) in [5.74, 6) is 1.42.